The molecule has 1 aliphatic rings. The largest absolute Gasteiger partial charge is 0.282 e. The number of para-hydroxylation sites is 1. The molecule has 0 saturated heterocycles. The molecule has 19 heavy (non-hydrogen) atoms. The maximum absolute atomic E-state index is 12.3. The van der Waals surface area contributed by atoms with Gasteiger partial charge in [-0.25, -0.2) is 0 Å². The Balaban J connectivity index is 2.53. The molecule has 0 N–H and O–H groups in total. The molecule has 1 aromatic carbocycles. The minimum absolute atomic E-state index is 0.108. The van der Waals surface area contributed by atoms with Gasteiger partial charge >= 0.3 is 0 Å². The topological polar surface area (TPSA) is 80.2 Å². The minimum atomic E-state index is -0.429. The average molecular weight is 250 g/mol. The van der Waals surface area contributed by atoms with Crippen LogP contribution in [0, 0.1) is 22.7 Å². The van der Waals surface area contributed by atoms with E-state index in [2.05, 4.69) is 5.10 Å². The van der Waals surface area contributed by atoms with E-state index in [4.69, 9.17) is 10.5 Å². The summed E-state index contributed by atoms with van der Waals surface area (Å²) >= 11 is 0. The predicted molar refractivity (Wildman–Crippen MR) is 69.9 cm³/mol. The molecule has 0 bridgehead atoms. The first-order valence-corrected chi connectivity index (χ1v) is 5.74. The Hall–Kier alpha value is -2.92. The van der Waals surface area contributed by atoms with Gasteiger partial charge in [0.2, 0.25) is 0 Å². The number of hydrogen-bond donors (Lipinski definition) is 0. The molecule has 0 radical (unpaired) electrons. The summed E-state index contributed by atoms with van der Waals surface area (Å²) in [4.78, 5) is 12.3. The molecular formula is C14H10N4O. The molecule has 5 heteroatoms. The van der Waals surface area contributed by atoms with E-state index in [-0.39, 0.29) is 11.1 Å². The molecular weight excluding hydrogens is 240 g/mol. The third-order valence-electron chi connectivity index (χ3n) is 2.72. The highest BCUT2D eigenvalue weighted by atomic mass is 16.2. The van der Waals surface area contributed by atoms with Crippen LogP contribution in [0.25, 0.3) is 0 Å². The monoisotopic (exact) mass is 250 g/mol. The highest BCUT2D eigenvalue weighted by Crippen LogP contribution is 2.25. The first-order valence-electron chi connectivity index (χ1n) is 5.74. The lowest BCUT2D eigenvalue weighted by atomic mass is 10.0. The first kappa shape index (κ1) is 12.5. The summed E-state index contributed by atoms with van der Waals surface area (Å²) in [6, 6.07) is 12.4. The first-order chi connectivity index (χ1) is 9.22. The number of nitriles is 2. The number of rotatable bonds is 2. The average Bonchev–Trinajstić information content (AvgIpc) is 2.79. The number of carbonyl (C=O) groups is 1. The Labute approximate surface area is 110 Å². The Morgan fingerprint density at radius 2 is 1.89 bits per heavy atom. The van der Waals surface area contributed by atoms with E-state index < -0.39 is 5.91 Å². The summed E-state index contributed by atoms with van der Waals surface area (Å²) in [7, 11) is 0. The van der Waals surface area contributed by atoms with Crippen molar-refractivity contribution in [3.63, 3.8) is 0 Å². The van der Waals surface area contributed by atoms with Crippen LogP contribution in [0.1, 0.15) is 13.3 Å². The van der Waals surface area contributed by atoms with Crippen molar-refractivity contribution in [3.8, 4) is 12.1 Å². The van der Waals surface area contributed by atoms with E-state index in [0.717, 1.165) is 0 Å². The van der Waals surface area contributed by atoms with Gasteiger partial charge in [0, 0.05) is 0 Å². The molecule has 0 aliphatic carbocycles. The van der Waals surface area contributed by atoms with Crippen LogP contribution in [0.15, 0.2) is 46.6 Å². The Morgan fingerprint density at radius 3 is 2.42 bits per heavy atom. The van der Waals surface area contributed by atoms with Gasteiger partial charge in [0.15, 0.2) is 0 Å². The molecule has 0 spiro atoms. The fraction of sp³-hybridized carbons (Fsp3) is 0.143. The number of carbonyl (C=O) groups excluding carboxylic acids is 1. The van der Waals surface area contributed by atoms with Crippen molar-refractivity contribution < 1.29 is 4.79 Å². The molecule has 1 aromatic rings. The predicted octanol–water partition coefficient (Wildman–Crippen LogP) is 2.14. The van der Waals surface area contributed by atoms with E-state index in [1.54, 1.807) is 36.4 Å². The summed E-state index contributed by atoms with van der Waals surface area (Å²) in [5, 5.41) is 23.3. The lowest BCUT2D eigenvalue weighted by Gasteiger charge is -2.10. The molecule has 0 saturated carbocycles. The Kier molecular flexibility index (Phi) is 3.40. The van der Waals surface area contributed by atoms with Crippen LogP contribution in [-0.4, -0.2) is 11.6 Å². The van der Waals surface area contributed by atoms with Crippen molar-refractivity contribution in [2.24, 2.45) is 5.10 Å². The standard InChI is InChI=1S/C14H10N4O/c1-2-12-13(10(8-15)9-16)14(19)18(17-12)11-6-4-3-5-7-11/h3-7H,2H2,1H3. The van der Waals surface area contributed by atoms with Crippen LogP contribution in [0.2, 0.25) is 0 Å². The fourth-order valence-corrected chi connectivity index (χ4v) is 1.83. The third kappa shape index (κ3) is 2.10. The highest BCUT2D eigenvalue weighted by molar-refractivity contribution is 6.31. The zero-order valence-electron chi connectivity index (χ0n) is 10.3. The van der Waals surface area contributed by atoms with Gasteiger partial charge in [0.1, 0.15) is 17.7 Å². The number of amides is 1. The smallest absolute Gasteiger partial charge is 0.267 e. The van der Waals surface area contributed by atoms with Crippen molar-refractivity contribution >= 4 is 17.3 Å². The number of nitrogens with zero attached hydrogens (tertiary/aromatic N) is 4. The molecule has 2 rings (SSSR count). The molecule has 1 amide bonds. The highest BCUT2D eigenvalue weighted by Gasteiger charge is 2.33. The number of hydrogen-bond acceptors (Lipinski definition) is 4. The SMILES string of the molecule is CCC1=NN(c2ccccc2)C(=O)C1=C(C#N)C#N. The molecule has 92 valence electrons. The normalized spacial score (nSPS) is 13.8. The number of anilines is 1. The van der Waals surface area contributed by atoms with Crippen LogP contribution in [0.5, 0.6) is 0 Å². The summed E-state index contributed by atoms with van der Waals surface area (Å²) < 4.78 is 0. The second kappa shape index (κ2) is 5.16. The van der Waals surface area contributed by atoms with Gasteiger partial charge in [-0.15, -0.1) is 0 Å². The van der Waals surface area contributed by atoms with Crippen LogP contribution >= 0.6 is 0 Å². The number of allylic oxidation sites excluding steroid dienone is 1. The summed E-state index contributed by atoms with van der Waals surface area (Å²) in [6.07, 6.45) is 0.483. The summed E-state index contributed by atoms with van der Waals surface area (Å²) in [5.74, 6) is -0.429. The van der Waals surface area contributed by atoms with Crippen molar-refractivity contribution in [1.82, 2.24) is 0 Å². The maximum Gasteiger partial charge on any atom is 0.282 e. The van der Waals surface area contributed by atoms with E-state index >= 15 is 0 Å². The molecule has 0 aromatic heterocycles. The van der Waals surface area contributed by atoms with Gasteiger partial charge in [-0.3, -0.25) is 4.79 Å². The van der Waals surface area contributed by atoms with Crippen LogP contribution < -0.4 is 5.01 Å². The van der Waals surface area contributed by atoms with Crippen LogP contribution in [-0.2, 0) is 4.79 Å². The number of benzene rings is 1. The molecule has 0 atom stereocenters. The van der Waals surface area contributed by atoms with Crippen molar-refractivity contribution in [2.45, 2.75) is 13.3 Å². The van der Waals surface area contributed by atoms with Crippen molar-refractivity contribution in [2.75, 3.05) is 5.01 Å². The van der Waals surface area contributed by atoms with E-state index in [0.29, 0.717) is 17.8 Å². The second-order valence-corrected chi connectivity index (χ2v) is 3.83. The Bertz CT molecular complexity index is 643. The molecule has 1 aliphatic heterocycles. The minimum Gasteiger partial charge on any atom is -0.267 e. The van der Waals surface area contributed by atoms with E-state index in [1.165, 1.54) is 5.01 Å². The van der Waals surface area contributed by atoms with Gasteiger partial charge < -0.3 is 0 Å². The molecule has 0 fully saturated rings. The van der Waals surface area contributed by atoms with Crippen LogP contribution in [0.4, 0.5) is 5.69 Å². The lowest BCUT2D eigenvalue weighted by molar-refractivity contribution is -0.114. The van der Waals surface area contributed by atoms with Crippen LogP contribution in [0.3, 0.4) is 0 Å². The zero-order valence-corrected chi connectivity index (χ0v) is 10.3. The second-order valence-electron chi connectivity index (χ2n) is 3.83. The molecule has 0 unspecified atom stereocenters. The summed E-state index contributed by atoms with van der Waals surface area (Å²) in [5.41, 5.74) is 0.996. The van der Waals surface area contributed by atoms with E-state index in [1.807, 2.05) is 13.0 Å². The van der Waals surface area contributed by atoms with Crippen molar-refractivity contribution in [3.05, 3.63) is 41.5 Å². The maximum atomic E-state index is 12.3. The fourth-order valence-electron chi connectivity index (χ4n) is 1.83. The van der Waals surface area contributed by atoms with Gasteiger partial charge in [-0.05, 0) is 18.6 Å². The van der Waals surface area contributed by atoms with Crippen molar-refractivity contribution in [1.29, 1.82) is 10.5 Å². The zero-order chi connectivity index (χ0) is 13.8. The van der Waals surface area contributed by atoms with Gasteiger partial charge in [0.25, 0.3) is 5.91 Å². The quantitative estimate of drug-likeness (QED) is 0.595. The number of hydrazone groups is 1. The van der Waals surface area contributed by atoms with Gasteiger partial charge in [-0.2, -0.15) is 20.6 Å². The van der Waals surface area contributed by atoms with Gasteiger partial charge in [0.05, 0.1) is 17.0 Å². The van der Waals surface area contributed by atoms with Gasteiger partial charge in [-0.1, -0.05) is 25.1 Å². The Morgan fingerprint density at radius 1 is 1.26 bits per heavy atom. The molecule has 1 heterocycles. The van der Waals surface area contributed by atoms with E-state index in [9.17, 15) is 4.79 Å². The molecule has 5 nitrogen and oxygen atoms in total. The summed E-state index contributed by atoms with van der Waals surface area (Å²) in [6.45, 7) is 1.83. The third-order valence-corrected chi connectivity index (χ3v) is 2.72. The lowest BCUT2D eigenvalue weighted by Crippen LogP contribution is -2.22.